The summed E-state index contributed by atoms with van der Waals surface area (Å²) in [5, 5.41) is 20.7. The lowest BCUT2D eigenvalue weighted by Crippen LogP contribution is -2.16. The lowest BCUT2D eigenvalue weighted by molar-refractivity contribution is -0.115. The largest absolute Gasteiger partial charge is 0.309 e. The highest BCUT2D eigenvalue weighted by Gasteiger charge is 2.15. The number of sulfonamides is 1. The van der Waals surface area contributed by atoms with Gasteiger partial charge in [0, 0.05) is 12.3 Å². The number of hydrogen-bond acceptors (Lipinski definition) is 5. The van der Waals surface area contributed by atoms with Crippen LogP contribution in [-0.4, -0.2) is 30.0 Å². The zero-order chi connectivity index (χ0) is 17.0. The molecule has 0 aliphatic carbocycles. The van der Waals surface area contributed by atoms with E-state index in [0.717, 1.165) is 0 Å². The van der Waals surface area contributed by atoms with Crippen molar-refractivity contribution in [1.29, 1.82) is 5.26 Å². The molecule has 120 valence electrons. The molecule has 2 aromatic rings. The maximum absolute atomic E-state index is 11.7. The van der Waals surface area contributed by atoms with Crippen molar-refractivity contribution >= 4 is 33.3 Å². The number of nitrogens with one attached hydrogen (secondary N) is 1. The molecule has 0 aliphatic heterocycles. The summed E-state index contributed by atoms with van der Waals surface area (Å²) < 4.78 is 23.8. The van der Waals surface area contributed by atoms with Gasteiger partial charge in [-0.25, -0.2) is 18.2 Å². The number of halogens is 1. The Hall–Kier alpha value is -2.41. The van der Waals surface area contributed by atoms with Crippen molar-refractivity contribution in [1.82, 2.24) is 9.78 Å². The van der Waals surface area contributed by atoms with Crippen LogP contribution < -0.4 is 10.5 Å². The maximum Gasteiger partial charge on any atom is 0.238 e. The Balaban J connectivity index is 2.42. The number of anilines is 1. The molecular weight excluding hydrogens is 342 g/mol. The van der Waals surface area contributed by atoms with Gasteiger partial charge in [-0.1, -0.05) is 0 Å². The number of carbonyl (C=O) groups is 1. The van der Waals surface area contributed by atoms with Crippen molar-refractivity contribution in [3.05, 3.63) is 36.0 Å². The van der Waals surface area contributed by atoms with Crippen molar-refractivity contribution in [2.75, 3.05) is 11.2 Å². The van der Waals surface area contributed by atoms with Crippen molar-refractivity contribution in [2.24, 2.45) is 5.14 Å². The van der Waals surface area contributed by atoms with E-state index in [1.807, 2.05) is 6.07 Å². The van der Waals surface area contributed by atoms with Crippen LogP contribution in [0.15, 0.2) is 35.4 Å². The first kappa shape index (κ1) is 17.0. The van der Waals surface area contributed by atoms with Gasteiger partial charge < -0.3 is 5.32 Å². The summed E-state index contributed by atoms with van der Waals surface area (Å²) in [6, 6.07) is 7.47. The molecule has 1 aromatic carbocycles. The van der Waals surface area contributed by atoms with Crippen LogP contribution in [0, 0.1) is 11.3 Å². The zero-order valence-electron chi connectivity index (χ0n) is 11.7. The Morgan fingerprint density at radius 2 is 2.04 bits per heavy atom. The third kappa shape index (κ3) is 3.87. The van der Waals surface area contributed by atoms with E-state index in [2.05, 4.69) is 10.4 Å². The maximum atomic E-state index is 11.7. The van der Waals surface area contributed by atoms with Crippen molar-refractivity contribution in [3.8, 4) is 11.8 Å². The van der Waals surface area contributed by atoms with Crippen LogP contribution in [-0.2, 0) is 14.8 Å². The van der Waals surface area contributed by atoms with Gasteiger partial charge in [-0.05, 0) is 24.3 Å². The molecule has 0 radical (unpaired) electrons. The standard InChI is InChI=1S/C13H12ClN5O3S/c14-6-5-12(20)18-13-9(7-15)8-17-19(13)10-1-3-11(4-2-10)23(16,21)22/h1-4,8H,5-6H2,(H,18,20)(H2,16,21,22). The van der Waals surface area contributed by atoms with Gasteiger partial charge in [-0.3, -0.25) is 4.79 Å². The van der Waals surface area contributed by atoms with Crippen molar-refractivity contribution in [2.45, 2.75) is 11.3 Å². The van der Waals surface area contributed by atoms with Crippen LogP contribution in [0.1, 0.15) is 12.0 Å². The number of nitriles is 1. The van der Waals surface area contributed by atoms with Gasteiger partial charge in [0.2, 0.25) is 15.9 Å². The number of amides is 1. The molecule has 1 amide bonds. The molecule has 1 aromatic heterocycles. The zero-order valence-corrected chi connectivity index (χ0v) is 13.3. The minimum absolute atomic E-state index is 0.0540. The van der Waals surface area contributed by atoms with Gasteiger partial charge in [-0.2, -0.15) is 10.4 Å². The third-order valence-electron chi connectivity index (χ3n) is 2.88. The Kier molecular flexibility index (Phi) is 5.00. The number of carbonyl (C=O) groups excluding carboxylic acids is 1. The van der Waals surface area contributed by atoms with Crippen LogP contribution in [0.4, 0.5) is 5.82 Å². The number of primary sulfonamides is 1. The molecule has 0 bridgehead atoms. The number of alkyl halides is 1. The first-order chi connectivity index (χ1) is 10.9. The van der Waals surface area contributed by atoms with Crippen LogP contribution >= 0.6 is 11.6 Å². The second-order valence-electron chi connectivity index (χ2n) is 4.46. The lowest BCUT2D eigenvalue weighted by Gasteiger charge is -2.09. The molecule has 8 nitrogen and oxygen atoms in total. The number of nitrogens with two attached hydrogens (primary N) is 1. The molecule has 0 saturated carbocycles. The van der Waals surface area contributed by atoms with Crippen LogP contribution in [0.5, 0.6) is 0 Å². The molecule has 0 fully saturated rings. The Bertz CT molecular complexity index is 868. The fourth-order valence-electron chi connectivity index (χ4n) is 1.80. The predicted molar refractivity (Wildman–Crippen MR) is 83.6 cm³/mol. The van der Waals surface area contributed by atoms with E-state index < -0.39 is 10.0 Å². The highest BCUT2D eigenvalue weighted by Crippen LogP contribution is 2.21. The van der Waals surface area contributed by atoms with Gasteiger partial charge in [-0.15, -0.1) is 11.6 Å². The van der Waals surface area contributed by atoms with E-state index >= 15 is 0 Å². The van der Waals surface area contributed by atoms with E-state index in [1.54, 1.807) is 0 Å². The summed E-state index contributed by atoms with van der Waals surface area (Å²) in [6.07, 6.45) is 1.38. The first-order valence-corrected chi connectivity index (χ1v) is 8.42. The summed E-state index contributed by atoms with van der Waals surface area (Å²) in [5.41, 5.74) is 0.628. The van der Waals surface area contributed by atoms with Crippen molar-refractivity contribution in [3.63, 3.8) is 0 Å². The third-order valence-corrected chi connectivity index (χ3v) is 4.00. The fraction of sp³-hybridized carbons (Fsp3) is 0.154. The molecule has 2 rings (SSSR count). The van der Waals surface area contributed by atoms with E-state index in [-0.39, 0.29) is 34.5 Å². The Morgan fingerprint density at radius 3 is 2.57 bits per heavy atom. The monoisotopic (exact) mass is 353 g/mol. The first-order valence-electron chi connectivity index (χ1n) is 6.34. The molecule has 23 heavy (non-hydrogen) atoms. The second-order valence-corrected chi connectivity index (χ2v) is 6.40. The number of rotatable bonds is 5. The minimum atomic E-state index is -3.80. The summed E-state index contributed by atoms with van der Waals surface area (Å²) in [7, 11) is -3.80. The van der Waals surface area contributed by atoms with E-state index in [1.165, 1.54) is 35.1 Å². The SMILES string of the molecule is N#Cc1cnn(-c2ccc(S(N)(=O)=O)cc2)c1NC(=O)CCCl. The molecule has 0 aliphatic rings. The number of aromatic nitrogens is 2. The average molecular weight is 354 g/mol. The lowest BCUT2D eigenvalue weighted by atomic mass is 10.3. The van der Waals surface area contributed by atoms with E-state index in [0.29, 0.717) is 5.69 Å². The smallest absolute Gasteiger partial charge is 0.238 e. The minimum Gasteiger partial charge on any atom is -0.309 e. The molecule has 3 N–H and O–H groups in total. The number of benzene rings is 1. The van der Waals surface area contributed by atoms with Gasteiger partial charge in [0.1, 0.15) is 11.6 Å². The summed E-state index contributed by atoms with van der Waals surface area (Å²) in [5.74, 6) is -0.0318. The molecule has 10 heteroatoms. The summed E-state index contributed by atoms with van der Waals surface area (Å²) in [4.78, 5) is 11.7. The van der Waals surface area contributed by atoms with E-state index in [4.69, 9.17) is 22.0 Å². The average Bonchev–Trinajstić information content (AvgIpc) is 2.89. The highest BCUT2D eigenvalue weighted by molar-refractivity contribution is 7.89. The van der Waals surface area contributed by atoms with Gasteiger partial charge in [0.05, 0.1) is 16.8 Å². The molecule has 0 spiro atoms. The van der Waals surface area contributed by atoms with Gasteiger partial charge in [0.25, 0.3) is 0 Å². The molecule has 0 saturated heterocycles. The normalized spacial score (nSPS) is 11.0. The quantitative estimate of drug-likeness (QED) is 0.773. The van der Waals surface area contributed by atoms with Crippen LogP contribution in [0.25, 0.3) is 5.69 Å². The van der Waals surface area contributed by atoms with Gasteiger partial charge >= 0.3 is 0 Å². The number of hydrogen-bond donors (Lipinski definition) is 2. The highest BCUT2D eigenvalue weighted by atomic mass is 35.5. The topological polar surface area (TPSA) is 131 Å². The van der Waals surface area contributed by atoms with Crippen LogP contribution in [0.3, 0.4) is 0 Å². The molecule has 0 atom stereocenters. The van der Waals surface area contributed by atoms with E-state index in [9.17, 15) is 13.2 Å². The Labute approximate surface area is 137 Å². The second kappa shape index (κ2) is 6.78. The number of nitrogens with zero attached hydrogens (tertiary/aromatic N) is 3. The predicted octanol–water partition coefficient (Wildman–Crippen LogP) is 0.959. The fourth-order valence-corrected chi connectivity index (χ4v) is 2.49. The molecule has 1 heterocycles. The van der Waals surface area contributed by atoms with Gasteiger partial charge in [0.15, 0.2) is 5.82 Å². The molecule has 0 unspecified atom stereocenters. The molecular formula is C13H12ClN5O3S. The summed E-state index contributed by atoms with van der Waals surface area (Å²) in [6.45, 7) is 0. The van der Waals surface area contributed by atoms with Crippen molar-refractivity contribution < 1.29 is 13.2 Å². The summed E-state index contributed by atoms with van der Waals surface area (Å²) >= 11 is 5.51. The Morgan fingerprint density at radius 1 is 1.39 bits per heavy atom. The van der Waals surface area contributed by atoms with Crippen LogP contribution in [0.2, 0.25) is 0 Å².